The standard InChI is InChI=1S/C29H44O12.C3H6O/c1-13-22(34)23(35)24(36)25(40-13)41-15-8-19(32)28(12-30)21-17(3-5-27(28,37)9-15)29(38)6-4-16(14-7-20(33)39-11-14)26(29,2)10-18(21)31;1-3(2)4/h7,13,15-19,21-25,30-32,34-38H,3-6,8-12H2,1-2H3;4H,1H2,2H3/p-1/t13-,15-,16+,17+,18+,19+,21+,22-,23+,24+,25-,26+,27-,28+,29-;/m0./s1. The van der Waals surface area contributed by atoms with Crippen LogP contribution in [-0.2, 0) is 19.0 Å². The number of ether oxygens (including phenoxy) is 3. The Balaban J connectivity index is 0.000000945. The summed E-state index contributed by atoms with van der Waals surface area (Å²) >= 11 is 0. The van der Waals surface area contributed by atoms with Crippen molar-refractivity contribution in [3.8, 4) is 0 Å². The zero-order valence-corrected chi connectivity index (χ0v) is 26.1. The molecule has 0 unspecified atom stereocenters. The van der Waals surface area contributed by atoms with E-state index in [1.807, 2.05) is 6.92 Å². The number of hydrogen-bond donors (Lipinski definition) is 8. The highest BCUT2D eigenvalue weighted by atomic mass is 16.7. The van der Waals surface area contributed by atoms with Crippen LogP contribution in [0.2, 0.25) is 0 Å². The van der Waals surface area contributed by atoms with Gasteiger partial charge in [-0.1, -0.05) is 13.8 Å². The molecule has 0 radical (unpaired) electrons. The molecule has 4 aliphatic carbocycles. The van der Waals surface area contributed by atoms with Crippen molar-refractivity contribution in [1.82, 2.24) is 0 Å². The summed E-state index contributed by atoms with van der Waals surface area (Å²) in [6.07, 6.45) is -6.68. The van der Waals surface area contributed by atoms with Crippen LogP contribution in [0.3, 0.4) is 0 Å². The SMILES string of the molecule is C=C(C)[O-].C[C@@H]1O[C@@H](O[C@H]2C[C@@H](O)[C@]3(CO)[C@H]4[C@H](O)C[C@]5(C)[C@@H](C6=CC(=O)OC6)CC[C@]5(O)[C@@H]4CC[C@]3(O)C2)[C@H](O)[C@H](O)[C@H]1O. The van der Waals surface area contributed by atoms with Crippen molar-refractivity contribution in [2.75, 3.05) is 13.2 Å². The molecule has 0 aromatic heterocycles. The van der Waals surface area contributed by atoms with E-state index < -0.39 is 95.5 Å². The first kappa shape index (κ1) is 34.7. The van der Waals surface area contributed by atoms with Gasteiger partial charge in [-0.15, -0.1) is 12.3 Å². The predicted octanol–water partition coefficient (Wildman–Crippen LogP) is -1.63. The van der Waals surface area contributed by atoms with Gasteiger partial charge in [0, 0.05) is 30.3 Å². The molecule has 1 saturated heterocycles. The van der Waals surface area contributed by atoms with Crippen LogP contribution in [0.4, 0.5) is 0 Å². The maximum atomic E-state index is 12.4. The van der Waals surface area contributed by atoms with Crippen LogP contribution in [0.15, 0.2) is 24.0 Å². The molecule has 13 nitrogen and oxygen atoms in total. The molecule has 256 valence electrons. The number of cyclic esters (lactones) is 1. The number of rotatable bonds is 4. The average Bonchev–Trinajstić information content (AvgIpc) is 3.49. The second-order valence-electron chi connectivity index (χ2n) is 14.5. The molecule has 0 aromatic carbocycles. The van der Waals surface area contributed by atoms with E-state index in [4.69, 9.17) is 14.2 Å². The van der Waals surface area contributed by atoms with E-state index in [1.165, 1.54) is 19.9 Å². The van der Waals surface area contributed by atoms with E-state index in [-0.39, 0.29) is 44.0 Å². The number of aliphatic hydroxyl groups excluding tert-OH is 6. The van der Waals surface area contributed by atoms with Gasteiger partial charge in [-0.25, -0.2) is 4.79 Å². The fourth-order valence-electron chi connectivity index (χ4n) is 10.1. The van der Waals surface area contributed by atoms with Crippen LogP contribution in [0, 0.1) is 28.6 Å². The lowest BCUT2D eigenvalue weighted by atomic mass is 9.40. The molecule has 13 heteroatoms. The summed E-state index contributed by atoms with van der Waals surface area (Å²) in [5.41, 5.74) is -4.46. The summed E-state index contributed by atoms with van der Waals surface area (Å²) in [6.45, 7) is 7.42. The molecule has 2 heterocycles. The summed E-state index contributed by atoms with van der Waals surface area (Å²) in [4.78, 5) is 11.8. The zero-order chi connectivity index (χ0) is 33.3. The number of aliphatic hydroxyl groups is 8. The molecule has 45 heavy (non-hydrogen) atoms. The largest absolute Gasteiger partial charge is 0.876 e. The van der Waals surface area contributed by atoms with Gasteiger partial charge in [0.1, 0.15) is 24.9 Å². The van der Waals surface area contributed by atoms with Crippen molar-refractivity contribution < 1.29 is 65.0 Å². The second kappa shape index (κ2) is 12.1. The number of allylic oxidation sites excluding steroid dienone is 1. The van der Waals surface area contributed by atoms with Gasteiger partial charge in [-0.2, -0.15) is 0 Å². The van der Waals surface area contributed by atoms with Crippen LogP contribution in [0.1, 0.15) is 65.7 Å². The van der Waals surface area contributed by atoms with Crippen LogP contribution in [0.5, 0.6) is 0 Å². The lowest BCUT2D eigenvalue weighted by Crippen LogP contribution is -2.76. The van der Waals surface area contributed by atoms with E-state index in [2.05, 4.69) is 6.58 Å². The highest BCUT2D eigenvalue weighted by Crippen LogP contribution is 2.70. The third-order valence-corrected chi connectivity index (χ3v) is 12.2. The van der Waals surface area contributed by atoms with Crippen LogP contribution in [-0.4, -0.2) is 120 Å². The molecule has 0 bridgehead atoms. The van der Waals surface area contributed by atoms with Crippen molar-refractivity contribution in [3.05, 3.63) is 24.0 Å². The van der Waals surface area contributed by atoms with Gasteiger partial charge < -0.3 is 60.2 Å². The summed E-state index contributed by atoms with van der Waals surface area (Å²) in [5.74, 6) is -2.01. The molecule has 4 saturated carbocycles. The van der Waals surface area contributed by atoms with E-state index >= 15 is 0 Å². The maximum absolute atomic E-state index is 12.4. The highest BCUT2D eigenvalue weighted by Gasteiger charge is 2.75. The van der Waals surface area contributed by atoms with Crippen molar-refractivity contribution >= 4 is 5.97 Å². The van der Waals surface area contributed by atoms with Gasteiger partial charge in [-0.05, 0) is 56.4 Å². The summed E-state index contributed by atoms with van der Waals surface area (Å²) in [6, 6.07) is 0. The molecule has 0 aromatic rings. The average molecular weight is 642 g/mol. The van der Waals surface area contributed by atoms with Gasteiger partial charge in [0.2, 0.25) is 0 Å². The quantitative estimate of drug-likeness (QED) is 0.0980. The lowest BCUT2D eigenvalue weighted by Gasteiger charge is -2.68. The van der Waals surface area contributed by atoms with E-state index in [1.54, 1.807) is 0 Å². The Morgan fingerprint density at radius 1 is 1.09 bits per heavy atom. The fraction of sp³-hybridized carbons (Fsp3) is 0.844. The molecule has 15 atom stereocenters. The summed E-state index contributed by atoms with van der Waals surface area (Å²) < 4.78 is 16.7. The Morgan fingerprint density at radius 3 is 2.36 bits per heavy atom. The Bertz CT molecular complexity index is 1170. The molecule has 0 amide bonds. The molecule has 6 rings (SSSR count). The lowest BCUT2D eigenvalue weighted by molar-refractivity contribution is -0.342. The predicted molar refractivity (Wildman–Crippen MR) is 153 cm³/mol. The fourth-order valence-corrected chi connectivity index (χ4v) is 10.1. The third kappa shape index (κ3) is 5.27. The molecule has 8 N–H and O–H groups in total. The van der Waals surface area contributed by atoms with Crippen LogP contribution in [0.25, 0.3) is 0 Å². The van der Waals surface area contributed by atoms with Gasteiger partial charge in [0.25, 0.3) is 0 Å². The van der Waals surface area contributed by atoms with Gasteiger partial charge in [0.15, 0.2) is 6.29 Å². The second-order valence-corrected chi connectivity index (χ2v) is 14.5. The molecule has 6 aliphatic rings. The molecular formula is C32H49O13-. The Labute approximate surface area is 262 Å². The number of carbonyl (C=O) groups is 1. The topological polar surface area (TPSA) is 230 Å². The van der Waals surface area contributed by atoms with E-state index in [0.717, 1.165) is 5.57 Å². The van der Waals surface area contributed by atoms with Crippen molar-refractivity contribution in [3.63, 3.8) is 0 Å². The zero-order valence-electron chi connectivity index (χ0n) is 26.1. The minimum Gasteiger partial charge on any atom is -0.876 e. The number of fused-ring (bicyclic) bond motifs is 5. The monoisotopic (exact) mass is 641 g/mol. The Morgan fingerprint density at radius 2 is 1.76 bits per heavy atom. The first-order valence-corrected chi connectivity index (χ1v) is 15.9. The number of hydrogen-bond acceptors (Lipinski definition) is 13. The Hall–Kier alpha value is -1.65. The summed E-state index contributed by atoms with van der Waals surface area (Å²) in [7, 11) is 0. The summed E-state index contributed by atoms with van der Waals surface area (Å²) in [5, 5.41) is 98.9. The van der Waals surface area contributed by atoms with Crippen LogP contribution >= 0.6 is 0 Å². The van der Waals surface area contributed by atoms with Gasteiger partial charge in [-0.3, -0.25) is 0 Å². The smallest absolute Gasteiger partial charge is 0.331 e. The molecular weight excluding hydrogens is 592 g/mol. The third-order valence-electron chi connectivity index (χ3n) is 12.2. The van der Waals surface area contributed by atoms with Gasteiger partial charge in [0.05, 0.1) is 47.6 Å². The normalized spacial score (nSPS) is 52.4. The van der Waals surface area contributed by atoms with E-state index in [0.29, 0.717) is 19.3 Å². The minimum atomic E-state index is -1.67. The molecule has 5 fully saturated rings. The van der Waals surface area contributed by atoms with Crippen molar-refractivity contribution in [1.29, 1.82) is 0 Å². The van der Waals surface area contributed by atoms with Crippen LogP contribution < -0.4 is 5.11 Å². The van der Waals surface area contributed by atoms with Crippen molar-refractivity contribution in [2.45, 2.75) is 126 Å². The first-order valence-electron chi connectivity index (χ1n) is 15.9. The molecule has 0 spiro atoms. The maximum Gasteiger partial charge on any atom is 0.331 e. The van der Waals surface area contributed by atoms with Crippen molar-refractivity contribution in [2.24, 2.45) is 28.6 Å². The minimum absolute atomic E-state index is 0.0369. The molecule has 2 aliphatic heterocycles. The Kier molecular flexibility index (Phi) is 9.33. The van der Waals surface area contributed by atoms with E-state index in [9.17, 15) is 50.8 Å². The first-order chi connectivity index (χ1) is 21.0. The van der Waals surface area contributed by atoms with Gasteiger partial charge >= 0.3 is 5.97 Å². The number of esters is 1. The number of carbonyl (C=O) groups excluding carboxylic acids is 1. The highest BCUT2D eigenvalue weighted by molar-refractivity contribution is 5.85.